The molecule has 2 amide bonds. The van der Waals surface area contributed by atoms with Crippen LogP contribution in [0.3, 0.4) is 0 Å². The summed E-state index contributed by atoms with van der Waals surface area (Å²) >= 11 is 2.47. The normalized spacial score (nSPS) is 16.3. The molecule has 162 valence electrons. The van der Waals surface area contributed by atoms with Gasteiger partial charge in [0.15, 0.2) is 0 Å². The van der Waals surface area contributed by atoms with Crippen LogP contribution in [-0.2, 0) is 23.9 Å². The van der Waals surface area contributed by atoms with E-state index in [0.29, 0.717) is 26.7 Å². The molecule has 6 nitrogen and oxygen atoms in total. The van der Waals surface area contributed by atoms with E-state index in [-0.39, 0.29) is 18.1 Å². The minimum Gasteiger partial charge on any atom is -0.465 e. The van der Waals surface area contributed by atoms with E-state index in [1.165, 1.54) is 33.6 Å². The number of nitrogens with one attached hydrogen (secondary N) is 1. The molecule has 0 radical (unpaired) electrons. The van der Waals surface area contributed by atoms with Crippen molar-refractivity contribution >= 4 is 49.9 Å². The lowest BCUT2D eigenvalue weighted by molar-refractivity contribution is -0.137. The van der Waals surface area contributed by atoms with E-state index in [1.807, 2.05) is 0 Å². The van der Waals surface area contributed by atoms with E-state index in [0.717, 1.165) is 28.6 Å². The highest BCUT2D eigenvalue weighted by Gasteiger charge is 2.34. The smallest absolute Gasteiger partial charge is 0.416 e. The number of amides is 2. The number of hydrogen-bond donors (Lipinski definition) is 2. The topological polar surface area (TPSA) is 82.5 Å². The molecule has 2 aromatic heterocycles. The Labute approximate surface area is 182 Å². The standard InChI is InChI=1S/C20H16F3N3O3S2/c1-3-15(27)25-18-16(11-6-9(2)26(19(28)29)8-14(11)31-18)17-24-12-7-10(20(21,22)23)4-5-13(12)30-17/h3-5,7,9H,1,6,8H2,2H3,(H,25,27)(H,28,29). The third-order valence-electron chi connectivity index (χ3n) is 5.03. The van der Waals surface area contributed by atoms with Gasteiger partial charge in [-0.05, 0) is 43.2 Å². The first-order chi connectivity index (χ1) is 14.6. The number of carbonyl (C=O) groups excluding carboxylic acids is 1. The van der Waals surface area contributed by atoms with Crippen LogP contribution in [0.4, 0.5) is 23.0 Å². The predicted molar refractivity (Wildman–Crippen MR) is 113 cm³/mol. The summed E-state index contributed by atoms with van der Waals surface area (Å²) in [4.78, 5) is 30.0. The van der Waals surface area contributed by atoms with Gasteiger partial charge in [-0.1, -0.05) is 6.58 Å². The summed E-state index contributed by atoms with van der Waals surface area (Å²) in [6.07, 6.45) is -3.99. The highest BCUT2D eigenvalue weighted by atomic mass is 32.1. The molecule has 0 spiro atoms. The number of anilines is 1. The number of thiazole rings is 1. The van der Waals surface area contributed by atoms with Gasteiger partial charge in [-0.25, -0.2) is 9.78 Å². The predicted octanol–water partition coefficient (Wildman–Crippen LogP) is 5.59. The van der Waals surface area contributed by atoms with Gasteiger partial charge in [0.1, 0.15) is 10.0 Å². The van der Waals surface area contributed by atoms with Crippen LogP contribution >= 0.6 is 22.7 Å². The summed E-state index contributed by atoms with van der Waals surface area (Å²) in [5.41, 5.74) is 0.910. The Hall–Kier alpha value is -2.92. The molecule has 2 N–H and O–H groups in total. The molecule has 11 heteroatoms. The maximum Gasteiger partial charge on any atom is 0.416 e. The molecule has 0 bridgehead atoms. The van der Waals surface area contributed by atoms with E-state index >= 15 is 0 Å². The lowest BCUT2D eigenvalue weighted by atomic mass is 9.98. The van der Waals surface area contributed by atoms with Gasteiger partial charge in [0.2, 0.25) is 5.91 Å². The number of fused-ring (bicyclic) bond motifs is 2. The minimum atomic E-state index is -4.47. The van der Waals surface area contributed by atoms with Gasteiger partial charge in [0.05, 0.1) is 22.3 Å². The first kappa shape index (κ1) is 21.3. The van der Waals surface area contributed by atoms with Crippen molar-refractivity contribution in [1.29, 1.82) is 0 Å². The van der Waals surface area contributed by atoms with Crippen LogP contribution in [0, 0.1) is 0 Å². The second-order valence-electron chi connectivity index (χ2n) is 7.06. The first-order valence-corrected chi connectivity index (χ1v) is 10.8. The summed E-state index contributed by atoms with van der Waals surface area (Å²) in [5, 5.41) is 13.1. The molecule has 3 heterocycles. The fourth-order valence-corrected chi connectivity index (χ4v) is 5.84. The van der Waals surface area contributed by atoms with Crippen molar-refractivity contribution < 1.29 is 27.9 Å². The van der Waals surface area contributed by atoms with Crippen LogP contribution in [0.5, 0.6) is 0 Å². The Bertz CT molecular complexity index is 1220. The Morgan fingerprint density at radius 2 is 2.10 bits per heavy atom. The third-order valence-corrected chi connectivity index (χ3v) is 7.22. The molecule has 4 rings (SSSR count). The van der Waals surface area contributed by atoms with Crippen LogP contribution in [0.25, 0.3) is 20.8 Å². The van der Waals surface area contributed by atoms with Gasteiger partial charge in [-0.15, -0.1) is 22.7 Å². The number of halogens is 3. The van der Waals surface area contributed by atoms with E-state index in [2.05, 4.69) is 16.9 Å². The average Bonchev–Trinajstić information content (AvgIpc) is 3.25. The van der Waals surface area contributed by atoms with Gasteiger partial charge in [0, 0.05) is 16.5 Å². The second kappa shape index (κ2) is 7.65. The van der Waals surface area contributed by atoms with Crippen molar-refractivity contribution in [3.63, 3.8) is 0 Å². The highest BCUT2D eigenvalue weighted by molar-refractivity contribution is 7.23. The number of thiophene rings is 1. The monoisotopic (exact) mass is 467 g/mol. The quantitative estimate of drug-likeness (QED) is 0.492. The molecule has 1 aromatic carbocycles. The van der Waals surface area contributed by atoms with Crippen molar-refractivity contribution in [3.8, 4) is 10.6 Å². The van der Waals surface area contributed by atoms with Crippen molar-refractivity contribution in [2.45, 2.75) is 32.1 Å². The average molecular weight is 467 g/mol. The van der Waals surface area contributed by atoms with Gasteiger partial charge >= 0.3 is 12.3 Å². The minimum absolute atomic E-state index is 0.163. The summed E-state index contributed by atoms with van der Waals surface area (Å²) in [6, 6.07) is 3.10. The zero-order valence-corrected chi connectivity index (χ0v) is 17.7. The van der Waals surface area contributed by atoms with Crippen LogP contribution < -0.4 is 5.32 Å². The molecule has 1 unspecified atom stereocenters. The maximum absolute atomic E-state index is 13.1. The van der Waals surface area contributed by atoms with Gasteiger partial charge in [-0.2, -0.15) is 13.2 Å². The van der Waals surface area contributed by atoms with Gasteiger partial charge < -0.3 is 15.3 Å². The van der Waals surface area contributed by atoms with Crippen molar-refractivity contribution in [3.05, 3.63) is 46.9 Å². The van der Waals surface area contributed by atoms with Crippen LogP contribution in [0.15, 0.2) is 30.9 Å². The Morgan fingerprint density at radius 1 is 1.35 bits per heavy atom. The number of alkyl halides is 3. The van der Waals surface area contributed by atoms with E-state index in [1.54, 1.807) is 6.92 Å². The number of aromatic nitrogens is 1. The fraction of sp³-hybridized carbons (Fsp3) is 0.250. The molecule has 0 fully saturated rings. The van der Waals surface area contributed by atoms with Crippen molar-refractivity contribution in [1.82, 2.24) is 9.88 Å². The molecular formula is C20H16F3N3O3S2. The van der Waals surface area contributed by atoms with E-state index in [4.69, 9.17) is 0 Å². The SMILES string of the molecule is C=CC(=O)Nc1sc2c(c1-c1nc3cc(C(F)(F)F)ccc3s1)CC(C)N(C(=O)O)C2. The fourth-order valence-electron chi connectivity index (χ4n) is 3.52. The Kier molecular flexibility index (Phi) is 5.26. The largest absolute Gasteiger partial charge is 0.465 e. The van der Waals surface area contributed by atoms with Crippen LogP contribution in [0.1, 0.15) is 22.9 Å². The van der Waals surface area contributed by atoms with Crippen LogP contribution in [-0.4, -0.2) is 33.0 Å². The summed E-state index contributed by atoms with van der Waals surface area (Å²) in [6.45, 7) is 5.39. The maximum atomic E-state index is 13.1. The lowest BCUT2D eigenvalue weighted by Crippen LogP contribution is -2.41. The van der Waals surface area contributed by atoms with Gasteiger partial charge in [-0.3, -0.25) is 4.79 Å². The number of carbonyl (C=O) groups is 2. The van der Waals surface area contributed by atoms with E-state index in [9.17, 15) is 27.9 Å². The highest BCUT2D eigenvalue weighted by Crippen LogP contribution is 2.47. The number of carboxylic acid groups (broad SMARTS) is 1. The first-order valence-electron chi connectivity index (χ1n) is 9.14. The third kappa shape index (κ3) is 3.90. The number of hydrogen-bond acceptors (Lipinski definition) is 5. The number of rotatable bonds is 3. The number of nitrogens with zero attached hydrogens (tertiary/aromatic N) is 2. The van der Waals surface area contributed by atoms with Gasteiger partial charge in [0.25, 0.3) is 0 Å². The molecule has 1 aliphatic heterocycles. The Balaban J connectivity index is 1.86. The zero-order valence-electron chi connectivity index (χ0n) is 16.1. The zero-order chi connectivity index (χ0) is 22.5. The van der Waals surface area contributed by atoms with Crippen LogP contribution in [0.2, 0.25) is 0 Å². The lowest BCUT2D eigenvalue weighted by Gasteiger charge is -2.31. The summed E-state index contributed by atoms with van der Waals surface area (Å²) in [7, 11) is 0. The molecule has 31 heavy (non-hydrogen) atoms. The molecule has 0 aliphatic carbocycles. The Morgan fingerprint density at radius 3 is 2.74 bits per heavy atom. The van der Waals surface area contributed by atoms with Crippen molar-refractivity contribution in [2.75, 3.05) is 5.32 Å². The molecule has 0 saturated heterocycles. The molecule has 1 aliphatic rings. The second-order valence-corrected chi connectivity index (χ2v) is 9.20. The molecule has 3 aromatic rings. The van der Waals surface area contributed by atoms with E-state index < -0.39 is 23.7 Å². The summed E-state index contributed by atoms with van der Waals surface area (Å²) in [5.74, 6) is -0.441. The molecule has 1 atom stereocenters. The molecule has 0 saturated carbocycles. The van der Waals surface area contributed by atoms with Crippen molar-refractivity contribution in [2.24, 2.45) is 0 Å². The summed E-state index contributed by atoms with van der Waals surface area (Å²) < 4.78 is 39.8. The number of benzene rings is 1. The molecular weight excluding hydrogens is 451 g/mol.